The molecule has 0 fully saturated rings. The van der Waals surface area contributed by atoms with Crippen LogP contribution in [-0.4, -0.2) is 21.8 Å². The van der Waals surface area contributed by atoms with Crippen molar-refractivity contribution in [3.8, 4) is 0 Å². The van der Waals surface area contributed by atoms with Gasteiger partial charge in [0.25, 0.3) is 5.22 Å². The SMILES string of the molecule is O=C(CSc1nc2ccccc2o1)NNC(=S)Nc1ccc(Cl)cc1. The predicted molar refractivity (Wildman–Crippen MR) is 104 cm³/mol. The maximum Gasteiger partial charge on any atom is 0.257 e. The molecule has 0 saturated heterocycles. The zero-order valence-electron chi connectivity index (χ0n) is 12.8. The second-order valence-electron chi connectivity index (χ2n) is 4.87. The summed E-state index contributed by atoms with van der Waals surface area (Å²) in [4.78, 5) is 16.2. The summed E-state index contributed by atoms with van der Waals surface area (Å²) < 4.78 is 5.54. The first-order chi connectivity index (χ1) is 12.1. The molecule has 0 atom stereocenters. The van der Waals surface area contributed by atoms with E-state index in [1.807, 2.05) is 24.3 Å². The van der Waals surface area contributed by atoms with Gasteiger partial charge in [0, 0.05) is 10.7 Å². The average Bonchev–Trinajstić information content (AvgIpc) is 3.03. The Morgan fingerprint density at radius 2 is 1.92 bits per heavy atom. The number of hydrogen-bond acceptors (Lipinski definition) is 5. The van der Waals surface area contributed by atoms with E-state index in [9.17, 15) is 4.79 Å². The number of halogens is 1. The van der Waals surface area contributed by atoms with Crippen molar-refractivity contribution in [1.29, 1.82) is 0 Å². The number of rotatable bonds is 4. The lowest BCUT2D eigenvalue weighted by atomic mass is 10.3. The number of nitrogens with one attached hydrogen (secondary N) is 3. The van der Waals surface area contributed by atoms with E-state index in [1.54, 1.807) is 24.3 Å². The van der Waals surface area contributed by atoms with Crippen LogP contribution in [0.3, 0.4) is 0 Å². The van der Waals surface area contributed by atoms with Crippen molar-refractivity contribution in [3.05, 3.63) is 53.6 Å². The minimum absolute atomic E-state index is 0.142. The van der Waals surface area contributed by atoms with Crippen LogP contribution in [0.2, 0.25) is 5.02 Å². The van der Waals surface area contributed by atoms with Gasteiger partial charge in [-0.15, -0.1) is 0 Å². The Labute approximate surface area is 158 Å². The highest BCUT2D eigenvalue weighted by Crippen LogP contribution is 2.22. The molecule has 0 radical (unpaired) electrons. The molecule has 25 heavy (non-hydrogen) atoms. The predicted octanol–water partition coefficient (Wildman–Crippen LogP) is 3.59. The van der Waals surface area contributed by atoms with Crippen LogP contribution in [0, 0.1) is 0 Å². The van der Waals surface area contributed by atoms with Gasteiger partial charge in [0.2, 0.25) is 5.91 Å². The molecule has 128 valence electrons. The number of hydrazine groups is 1. The Morgan fingerprint density at radius 3 is 2.68 bits per heavy atom. The van der Waals surface area contributed by atoms with Gasteiger partial charge in [-0.2, -0.15) is 0 Å². The molecule has 0 aliphatic rings. The molecule has 1 aromatic heterocycles. The second kappa shape index (κ2) is 8.19. The largest absolute Gasteiger partial charge is 0.431 e. The second-order valence-corrected chi connectivity index (χ2v) is 6.64. The summed E-state index contributed by atoms with van der Waals surface area (Å²) in [7, 11) is 0. The van der Waals surface area contributed by atoms with Crippen molar-refractivity contribution in [2.75, 3.05) is 11.1 Å². The molecule has 0 aliphatic carbocycles. The molecule has 1 heterocycles. The molecule has 0 unspecified atom stereocenters. The van der Waals surface area contributed by atoms with E-state index < -0.39 is 0 Å². The molecule has 0 bridgehead atoms. The molecule has 9 heteroatoms. The zero-order valence-corrected chi connectivity index (χ0v) is 15.2. The molecule has 0 aliphatic heterocycles. The average molecular weight is 393 g/mol. The minimum atomic E-state index is -0.257. The highest BCUT2D eigenvalue weighted by molar-refractivity contribution is 7.99. The van der Waals surface area contributed by atoms with Gasteiger partial charge in [-0.3, -0.25) is 15.6 Å². The van der Waals surface area contributed by atoms with Crippen molar-refractivity contribution >= 4 is 63.4 Å². The minimum Gasteiger partial charge on any atom is -0.431 e. The van der Waals surface area contributed by atoms with Crippen LogP contribution in [0.1, 0.15) is 0 Å². The molecule has 6 nitrogen and oxygen atoms in total. The monoisotopic (exact) mass is 392 g/mol. The lowest BCUT2D eigenvalue weighted by Crippen LogP contribution is -2.44. The third-order valence-corrected chi connectivity index (χ3v) is 4.30. The summed E-state index contributed by atoms with van der Waals surface area (Å²) >= 11 is 12.1. The number of thioether (sulfide) groups is 1. The molecule has 2 aromatic carbocycles. The molecule has 1 amide bonds. The molecule has 3 N–H and O–H groups in total. The van der Waals surface area contributed by atoms with Crippen LogP contribution >= 0.6 is 35.6 Å². The van der Waals surface area contributed by atoms with Crippen molar-refractivity contribution in [2.24, 2.45) is 0 Å². The van der Waals surface area contributed by atoms with Crippen LogP contribution in [0.5, 0.6) is 0 Å². The highest BCUT2D eigenvalue weighted by Gasteiger charge is 2.09. The number of aromatic nitrogens is 1. The summed E-state index contributed by atoms with van der Waals surface area (Å²) in [6.07, 6.45) is 0. The lowest BCUT2D eigenvalue weighted by Gasteiger charge is -2.11. The molecular weight excluding hydrogens is 380 g/mol. The van der Waals surface area contributed by atoms with Gasteiger partial charge in [-0.1, -0.05) is 35.5 Å². The van der Waals surface area contributed by atoms with Crippen LogP contribution < -0.4 is 16.2 Å². The van der Waals surface area contributed by atoms with Crippen LogP contribution in [-0.2, 0) is 4.79 Å². The lowest BCUT2D eigenvalue weighted by molar-refractivity contribution is -0.119. The Hall–Kier alpha value is -2.29. The fourth-order valence-corrected chi connectivity index (χ4v) is 2.83. The fraction of sp³-hybridized carbons (Fsp3) is 0.0625. The number of nitrogens with zero attached hydrogens (tertiary/aromatic N) is 1. The number of carbonyl (C=O) groups is 1. The fourth-order valence-electron chi connectivity index (χ4n) is 1.90. The number of carbonyl (C=O) groups excluding carboxylic acids is 1. The van der Waals surface area contributed by atoms with Gasteiger partial charge in [0.15, 0.2) is 10.7 Å². The summed E-state index contributed by atoms with van der Waals surface area (Å²) in [5.74, 6) is -0.115. The zero-order chi connectivity index (χ0) is 17.6. The van der Waals surface area contributed by atoms with Crippen molar-refractivity contribution in [1.82, 2.24) is 15.8 Å². The normalized spacial score (nSPS) is 10.4. The Morgan fingerprint density at radius 1 is 1.16 bits per heavy atom. The van der Waals surface area contributed by atoms with E-state index in [4.69, 9.17) is 28.2 Å². The first-order valence-corrected chi connectivity index (χ1v) is 8.97. The smallest absolute Gasteiger partial charge is 0.257 e. The summed E-state index contributed by atoms with van der Waals surface area (Å²) in [5, 5.41) is 4.27. The standard InChI is InChI=1S/C16H13ClN4O2S2/c17-10-5-7-11(8-6-10)18-15(24)21-20-14(22)9-25-16-19-12-3-1-2-4-13(12)23-16/h1-8H,9H2,(H,20,22)(H2,18,21,24). The number of hydrogen-bond donors (Lipinski definition) is 3. The van der Waals surface area contributed by atoms with Gasteiger partial charge in [-0.25, -0.2) is 4.98 Å². The Bertz CT molecular complexity index is 866. The Balaban J connectivity index is 1.43. The molecule has 0 saturated carbocycles. The highest BCUT2D eigenvalue weighted by atomic mass is 35.5. The van der Waals surface area contributed by atoms with Crippen LogP contribution in [0.4, 0.5) is 5.69 Å². The number of amides is 1. The van der Waals surface area contributed by atoms with Crippen molar-refractivity contribution < 1.29 is 9.21 Å². The van der Waals surface area contributed by atoms with Gasteiger partial charge >= 0.3 is 0 Å². The maximum atomic E-state index is 11.9. The maximum absolute atomic E-state index is 11.9. The summed E-state index contributed by atoms with van der Waals surface area (Å²) in [5.41, 5.74) is 7.35. The van der Waals surface area contributed by atoms with E-state index in [2.05, 4.69) is 21.2 Å². The van der Waals surface area contributed by atoms with Crippen LogP contribution in [0.15, 0.2) is 58.2 Å². The van der Waals surface area contributed by atoms with E-state index in [0.29, 0.717) is 15.8 Å². The van der Waals surface area contributed by atoms with E-state index in [0.717, 1.165) is 11.2 Å². The van der Waals surface area contributed by atoms with Crippen molar-refractivity contribution in [3.63, 3.8) is 0 Å². The number of para-hydroxylation sites is 2. The molecule has 3 rings (SSSR count). The van der Waals surface area contributed by atoms with E-state index in [1.165, 1.54) is 11.8 Å². The van der Waals surface area contributed by atoms with Gasteiger partial charge in [0.05, 0.1) is 5.75 Å². The van der Waals surface area contributed by atoms with Gasteiger partial charge < -0.3 is 9.73 Å². The number of thiocarbonyl (C=S) groups is 1. The van der Waals surface area contributed by atoms with Gasteiger partial charge in [0.1, 0.15) is 5.52 Å². The third kappa shape index (κ3) is 5.09. The topological polar surface area (TPSA) is 79.2 Å². The van der Waals surface area contributed by atoms with Crippen molar-refractivity contribution in [2.45, 2.75) is 5.22 Å². The van der Waals surface area contributed by atoms with Crippen LogP contribution in [0.25, 0.3) is 11.1 Å². The number of anilines is 1. The summed E-state index contributed by atoms with van der Waals surface area (Å²) in [6.45, 7) is 0. The number of benzene rings is 2. The first-order valence-electron chi connectivity index (χ1n) is 7.20. The quantitative estimate of drug-likeness (QED) is 0.355. The molecular formula is C16H13ClN4O2S2. The molecule has 3 aromatic rings. The Kier molecular flexibility index (Phi) is 5.75. The number of oxazole rings is 1. The number of fused-ring (bicyclic) bond motifs is 1. The van der Waals surface area contributed by atoms with E-state index >= 15 is 0 Å². The molecule has 0 spiro atoms. The van der Waals surface area contributed by atoms with E-state index in [-0.39, 0.29) is 16.8 Å². The van der Waals surface area contributed by atoms with Gasteiger partial charge in [-0.05, 0) is 48.6 Å². The summed E-state index contributed by atoms with van der Waals surface area (Å²) in [6, 6.07) is 14.5. The third-order valence-electron chi connectivity index (χ3n) is 3.02. The first kappa shape index (κ1) is 17.5.